The van der Waals surface area contributed by atoms with Gasteiger partial charge in [-0.25, -0.2) is 4.39 Å². The van der Waals surface area contributed by atoms with Crippen molar-refractivity contribution in [3.8, 4) is 5.75 Å². The number of rotatable bonds is 3. The van der Waals surface area contributed by atoms with Crippen LogP contribution in [0, 0.1) is 5.82 Å². The number of hydrogen-bond acceptors (Lipinski definition) is 3. The van der Waals surface area contributed by atoms with Gasteiger partial charge in [0.05, 0.1) is 11.6 Å². The molecule has 1 spiro atoms. The fourth-order valence-corrected chi connectivity index (χ4v) is 4.86. The van der Waals surface area contributed by atoms with E-state index in [0.29, 0.717) is 18.7 Å². The summed E-state index contributed by atoms with van der Waals surface area (Å²) in [5.41, 5.74) is 1.48. The lowest BCUT2D eigenvalue weighted by Gasteiger charge is -2.50. The van der Waals surface area contributed by atoms with Crippen LogP contribution in [0.3, 0.4) is 0 Å². The molecule has 156 valence electrons. The van der Waals surface area contributed by atoms with E-state index in [1.165, 1.54) is 17.8 Å². The summed E-state index contributed by atoms with van der Waals surface area (Å²) in [6.07, 6.45) is 1.53. The van der Waals surface area contributed by atoms with Gasteiger partial charge in [-0.2, -0.15) is 0 Å². The van der Waals surface area contributed by atoms with Crippen LogP contribution in [0.1, 0.15) is 42.7 Å². The minimum atomic E-state index is -0.502. The van der Waals surface area contributed by atoms with Crippen molar-refractivity contribution in [3.63, 3.8) is 0 Å². The number of aromatic nitrogens is 1. The zero-order valence-corrected chi connectivity index (χ0v) is 17.9. The van der Waals surface area contributed by atoms with Crippen LogP contribution in [0.2, 0.25) is 5.15 Å². The number of carbonyl (C=O) groups is 1. The number of carbonyl (C=O) groups excluding carboxylic acids is 1. The van der Waals surface area contributed by atoms with Gasteiger partial charge in [-0.1, -0.05) is 11.6 Å². The first-order valence-corrected chi connectivity index (χ1v) is 10.5. The molecule has 0 N–H and O–H groups in total. The third kappa shape index (κ3) is 3.53. The largest absolute Gasteiger partial charge is 0.488 e. The molecule has 0 saturated carbocycles. The Labute approximate surface area is 176 Å². The first-order valence-electron chi connectivity index (χ1n) is 10.1. The van der Waals surface area contributed by atoms with E-state index in [-0.39, 0.29) is 23.3 Å². The lowest BCUT2D eigenvalue weighted by atomic mass is 9.81. The number of fused-ring (bicyclic) bond motifs is 2. The minimum absolute atomic E-state index is 0.109. The molecule has 2 aromatic rings. The Kier molecular flexibility index (Phi) is 5.34. The maximum Gasteiger partial charge on any atom is 0.253 e. The summed E-state index contributed by atoms with van der Waals surface area (Å²) in [6, 6.07) is 8.53. The highest BCUT2D eigenvalue weighted by molar-refractivity contribution is 6.29. The van der Waals surface area contributed by atoms with Crippen molar-refractivity contribution >= 4 is 17.5 Å². The average Bonchev–Trinajstić information content (AvgIpc) is 3.08. The van der Waals surface area contributed by atoms with Crippen molar-refractivity contribution in [2.45, 2.75) is 44.9 Å². The normalized spacial score (nSPS) is 18.9. The summed E-state index contributed by atoms with van der Waals surface area (Å²) >= 11 is 6.36. The van der Waals surface area contributed by atoms with Gasteiger partial charge in [-0.05, 0) is 64.1 Å². The molecule has 1 amide bonds. The highest BCUT2D eigenvalue weighted by atomic mass is 35.5. The lowest BCUT2D eigenvalue weighted by molar-refractivity contribution is 0.0131. The second kappa shape index (κ2) is 7.65. The third-order valence-corrected chi connectivity index (χ3v) is 6.54. The van der Waals surface area contributed by atoms with Gasteiger partial charge in [0.1, 0.15) is 5.15 Å². The fraction of sp³-hybridized carbons (Fsp3) is 0.500. The molecule has 1 aromatic carbocycles. The summed E-state index contributed by atoms with van der Waals surface area (Å²) in [5.74, 6) is -0.463. The van der Waals surface area contributed by atoms with Crippen molar-refractivity contribution in [3.05, 3.63) is 52.6 Å². The molecule has 0 unspecified atom stereocenters. The molecule has 1 aromatic heterocycles. The smallest absolute Gasteiger partial charge is 0.253 e. The number of amides is 1. The summed E-state index contributed by atoms with van der Waals surface area (Å²) in [7, 11) is 2.14. The number of hydrogen-bond donors (Lipinski definition) is 0. The van der Waals surface area contributed by atoms with E-state index in [1.54, 1.807) is 6.07 Å². The Morgan fingerprint density at radius 2 is 1.86 bits per heavy atom. The van der Waals surface area contributed by atoms with Crippen molar-refractivity contribution in [1.82, 2.24) is 14.4 Å². The number of likely N-dealkylation sites (N-methyl/N-ethyl adjacent to an activating group) is 1. The van der Waals surface area contributed by atoms with E-state index in [9.17, 15) is 9.18 Å². The second-order valence-corrected chi connectivity index (χ2v) is 8.64. The van der Waals surface area contributed by atoms with Crippen LogP contribution in [0.5, 0.6) is 5.75 Å². The van der Waals surface area contributed by atoms with Crippen molar-refractivity contribution < 1.29 is 13.9 Å². The molecule has 7 heteroatoms. The summed E-state index contributed by atoms with van der Waals surface area (Å²) in [5, 5.41) is 0.769. The van der Waals surface area contributed by atoms with Gasteiger partial charge in [0.25, 0.3) is 5.91 Å². The zero-order chi connectivity index (χ0) is 20.8. The van der Waals surface area contributed by atoms with Crippen molar-refractivity contribution in [2.24, 2.45) is 0 Å². The van der Waals surface area contributed by atoms with Crippen LogP contribution in [0.15, 0.2) is 30.3 Å². The molecule has 0 aliphatic carbocycles. The van der Waals surface area contributed by atoms with Crippen molar-refractivity contribution in [2.75, 3.05) is 26.7 Å². The Bertz CT molecular complexity index is 919. The lowest BCUT2D eigenvalue weighted by Crippen LogP contribution is -2.56. The Morgan fingerprint density at radius 3 is 2.52 bits per heavy atom. The first-order chi connectivity index (χ1) is 13.8. The molecule has 29 heavy (non-hydrogen) atoms. The summed E-state index contributed by atoms with van der Waals surface area (Å²) < 4.78 is 21.9. The van der Waals surface area contributed by atoms with E-state index in [1.807, 2.05) is 24.8 Å². The maximum atomic E-state index is 14.3. The number of ether oxygens (including phenoxy) is 1. The predicted molar refractivity (Wildman–Crippen MR) is 111 cm³/mol. The molecule has 0 bridgehead atoms. The predicted octanol–water partition coefficient (Wildman–Crippen LogP) is 4.14. The number of likely N-dealkylation sites (tertiary alicyclic amines) is 1. The van der Waals surface area contributed by atoms with E-state index in [0.717, 1.165) is 31.1 Å². The van der Waals surface area contributed by atoms with E-state index >= 15 is 0 Å². The average molecular weight is 420 g/mol. The molecule has 5 nitrogen and oxygen atoms in total. The number of halogens is 2. The topological polar surface area (TPSA) is 37.7 Å². The van der Waals surface area contributed by atoms with Crippen LogP contribution in [0.25, 0.3) is 0 Å². The molecule has 0 atom stereocenters. The van der Waals surface area contributed by atoms with Gasteiger partial charge in [0.2, 0.25) is 0 Å². The van der Waals surface area contributed by atoms with Crippen LogP contribution in [0.4, 0.5) is 4.39 Å². The van der Waals surface area contributed by atoms with Gasteiger partial charge in [0, 0.05) is 37.4 Å². The Hall–Kier alpha value is -2.05. The highest BCUT2D eigenvalue weighted by Gasteiger charge is 2.44. The fourth-order valence-electron chi connectivity index (χ4n) is 4.62. The molecule has 2 aliphatic rings. The van der Waals surface area contributed by atoms with Gasteiger partial charge in [-0.3, -0.25) is 9.69 Å². The summed E-state index contributed by atoms with van der Waals surface area (Å²) in [6.45, 7) is 6.74. The van der Waals surface area contributed by atoms with Gasteiger partial charge in [0.15, 0.2) is 11.6 Å². The monoisotopic (exact) mass is 419 g/mol. The zero-order valence-electron chi connectivity index (χ0n) is 17.1. The second-order valence-electron chi connectivity index (χ2n) is 8.25. The van der Waals surface area contributed by atoms with E-state index in [2.05, 4.69) is 22.6 Å². The molecular formula is C22H27ClFN3O2. The van der Waals surface area contributed by atoms with Gasteiger partial charge < -0.3 is 14.2 Å². The SMILES string of the molecule is CC(C)Oc1ccc(C(=O)N2CCC3(CC2)c2ccc(Cl)n2CCN3C)cc1F. The Balaban J connectivity index is 1.50. The molecular weight excluding hydrogens is 393 g/mol. The quantitative estimate of drug-likeness (QED) is 0.750. The van der Waals surface area contributed by atoms with E-state index < -0.39 is 5.82 Å². The van der Waals surface area contributed by atoms with Crippen LogP contribution in [-0.2, 0) is 12.1 Å². The minimum Gasteiger partial charge on any atom is -0.488 e. The third-order valence-electron chi connectivity index (χ3n) is 6.21. The van der Waals surface area contributed by atoms with Gasteiger partial charge >= 0.3 is 0 Å². The molecule has 1 fully saturated rings. The van der Waals surface area contributed by atoms with Crippen LogP contribution < -0.4 is 4.74 Å². The highest BCUT2D eigenvalue weighted by Crippen LogP contribution is 2.42. The Morgan fingerprint density at radius 1 is 1.14 bits per heavy atom. The number of piperidine rings is 1. The maximum absolute atomic E-state index is 14.3. The van der Waals surface area contributed by atoms with E-state index in [4.69, 9.17) is 16.3 Å². The standard InChI is InChI=1S/C22H27ClFN3O2/c1-15(2)29-18-5-4-16(14-17(18)24)21(28)26-10-8-22(9-11-26)19-6-7-20(23)27(19)13-12-25(22)3/h4-7,14-15H,8-13H2,1-3H3. The first kappa shape index (κ1) is 20.2. The number of benzene rings is 1. The van der Waals surface area contributed by atoms with Gasteiger partial charge in [-0.15, -0.1) is 0 Å². The van der Waals surface area contributed by atoms with Crippen LogP contribution in [-0.4, -0.2) is 53.1 Å². The molecule has 1 saturated heterocycles. The molecule has 2 aliphatic heterocycles. The van der Waals surface area contributed by atoms with Crippen molar-refractivity contribution in [1.29, 1.82) is 0 Å². The summed E-state index contributed by atoms with van der Waals surface area (Å²) in [4.78, 5) is 17.2. The van der Waals surface area contributed by atoms with Crippen LogP contribution >= 0.6 is 11.6 Å². The number of nitrogens with zero attached hydrogens (tertiary/aromatic N) is 3. The molecule has 0 radical (unpaired) electrons. The molecule has 3 heterocycles. The molecule has 4 rings (SSSR count).